The van der Waals surface area contributed by atoms with E-state index in [-0.39, 0.29) is 22.8 Å². The van der Waals surface area contributed by atoms with E-state index in [4.69, 9.17) is 15.6 Å². The van der Waals surface area contributed by atoms with Crippen molar-refractivity contribution in [2.45, 2.75) is 6.92 Å². The molecule has 104 valence electrons. The topological polar surface area (TPSA) is 98.3 Å². The Hall–Kier alpha value is -2.70. The van der Waals surface area contributed by atoms with Crippen molar-refractivity contribution in [3.8, 4) is 17.1 Å². The van der Waals surface area contributed by atoms with Gasteiger partial charge in [-0.2, -0.15) is 0 Å². The molecule has 0 unspecified atom stereocenters. The number of anilines is 1. The fourth-order valence-corrected chi connectivity index (χ4v) is 1.62. The molecular weight excluding hydrogens is 265 g/mol. The summed E-state index contributed by atoms with van der Waals surface area (Å²) in [7, 11) is 0. The maximum absolute atomic E-state index is 13.8. The molecule has 1 aromatic heterocycles. The molecule has 0 aliphatic carbocycles. The number of ether oxygens (including phenoxy) is 1. The number of halogens is 1. The zero-order chi connectivity index (χ0) is 14.7. The Morgan fingerprint density at radius 3 is 2.90 bits per heavy atom. The van der Waals surface area contributed by atoms with Gasteiger partial charge in [0.2, 0.25) is 0 Å². The molecule has 0 amide bonds. The number of nitrogens with zero attached hydrogens (tertiary/aromatic N) is 2. The number of hydrogen-bond acceptors (Lipinski definition) is 5. The third-order valence-corrected chi connectivity index (χ3v) is 2.51. The summed E-state index contributed by atoms with van der Waals surface area (Å²) in [6.45, 7) is 2.22. The molecule has 0 saturated carbocycles. The molecule has 0 aliphatic rings. The summed E-state index contributed by atoms with van der Waals surface area (Å²) in [5, 5.41) is 8.96. The Labute approximate surface area is 114 Å². The number of rotatable bonds is 4. The van der Waals surface area contributed by atoms with Gasteiger partial charge in [0.1, 0.15) is 11.6 Å². The fourth-order valence-electron chi connectivity index (χ4n) is 1.62. The Kier molecular flexibility index (Phi) is 3.79. The summed E-state index contributed by atoms with van der Waals surface area (Å²) in [6, 6.07) is 4.09. The Morgan fingerprint density at radius 2 is 2.25 bits per heavy atom. The quantitative estimate of drug-likeness (QED) is 0.886. The number of hydrogen-bond donors (Lipinski definition) is 2. The molecule has 0 fully saturated rings. The minimum absolute atomic E-state index is 0.0541. The lowest BCUT2D eigenvalue weighted by Crippen LogP contribution is -2.08. The van der Waals surface area contributed by atoms with Gasteiger partial charge in [0.15, 0.2) is 11.5 Å². The molecule has 1 heterocycles. The number of nitrogens with two attached hydrogens (primary N) is 1. The van der Waals surface area contributed by atoms with Gasteiger partial charge in [-0.05, 0) is 25.1 Å². The van der Waals surface area contributed by atoms with E-state index in [0.717, 1.165) is 6.20 Å². The average molecular weight is 277 g/mol. The second-order valence-electron chi connectivity index (χ2n) is 3.88. The van der Waals surface area contributed by atoms with Gasteiger partial charge in [0, 0.05) is 0 Å². The summed E-state index contributed by atoms with van der Waals surface area (Å²) >= 11 is 0. The van der Waals surface area contributed by atoms with Crippen LogP contribution in [-0.4, -0.2) is 27.7 Å². The van der Waals surface area contributed by atoms with Crippen molar-refractivity contribution in [1.29, 1.82) is 0 Å². The Bertz CT molecular complexity index is 661. The Balaban J connectivity index is 2.53. The minimum atomic E-state index is -1.30. The van der Waals surface area contributed by atoms with Gasteiger partial charge in [-0.25, -0.2) is 19.2 Å². The van der Waals surface area contributed by atoms with Gasteiger partial charge in [-0.15, -0.1) is 0 Å². The van der Waals surface area contributed by atoms with Crippen LogP contribution in [0.15, 0.2) is 24.4 Å². The fraction of sp³-hybridized carbons (Fsp3) is 0.154. The molecule has 0 aliphatic heterocycles. The number of carboxylic acids is 1. The molecular formula is C13H12FN3O3. The van der Waals surface area contributed by atoms with Gasteiger partial charge in [-0.1, -0.05) is 0 Å². The second-order valence-corrected chi connectivity index (χ2v) is 3.88. The van der Waals surface area contributed by atoms with Gasteiger partial charge < -0.3 is 15.6 Å². The second kappa shape index (κ2) is 5.52. The monoisotopic (exact) mass is 277 g/mol. The molecule has 1 aromatic carbocycles. The van der Waals surface area contributed by atoms with Crippen LogP contribution in [0.2, 0.25) is 0 Å². The molecule has 2 aromatic rings. The summed E-state index contributed by atoms with van der Waals surface area (Å²) < 4.78 is 19.1. The summed E-state index contributed by atoms with van der Waals surface area (Å²) in [6.07, 6.45) is 1.14. The first-order chi connectivity index (χ1) is 9.52. The lowest BCUT2D eigenvalue weighted by Gasteiger charge is -2.08. The van der Waals surface area contributed by atoms with Crippen LogP contribution in [0.25, 0.3) is 11.4 Å². The number of aromatic nitrogens is 2. The first kappa shape index (κ1) is 13.7. The zero-order valence-electron chi connectivity index (χ0n) is 10.6. The Morgan fingerprint density at radius 1 is 1.50 bits per heavy atom. The van der Waals surface area contributed by atoms with Crippen molar-refractivity contribution >= 4 is 11.7 Å². The van der Waals surface area contributed by atoms with E-state index in [2.05, 4.69) is 9.97 Å². The van der Waals surface area contributed by atoms with E-state index in [0.29, 0.717) is 12.4 Å². The molecule has 7 heteroatoms. The zero-order valence-corrected chi connectivity index (χ0v) is 10.6. The highest BCUT2D eigenvalue weighted by Gasteiger charge is 2.15. The van der Waals surface area contributed by atoms with E-state index >= 15 is 0 Å². The minimum Gasteiger partial charge on any atom is -0.494 e. The molecule has 20 heavy (non-hydrogen) atoms. The largest absolute Gasteiger partial charge is 0.494 e. The molecule has 0 radical (unpaired) electrons. The standard InChI is InChI=1S/C13H12FN3O3/c1-2-20-7-3-4-9(14)8(5-7)12-16-6-10(15)11(17-12)13(18)19/h3-6H,2,15H2,1H3,(H,18,19). The van der Waals surface area contributed by atoms with Gasteiger partial charge in [-0.3, -0.25) is 0 Å². The van der Waals surface area contributed by atoms with Crippen molar-refractivity contribution in [3.63, 3.8) is 0 Å². The van der Waals surface area contributed by atoms with E-state index in [1.54, 1.807) is 6.92 Å². The van der Waals surface area contributed by atoms with Crippen LogP contribution in [0.5, 0.6) is 5.75 Å². The third kappa shape index (κ3) is 2.66. The molecule has 3 N–H and O–H groups in total. The first-order valence-corrected chi connectivity index (χ1v) is 5.81. The number of benzene rings is 1. The normalized spacial score (nSPS) is 10.3. The van der Waals surface area contributed by atoms with E-state index in [1.807, 2.05) is 0 Å². The number of aromatic carboxylic acids is 1. The van der Waals surface area contributed by atoms with Gasteiger partial charge >= 0.3 is 5.97 Å². The summed E-state index contributed by atoms with van der Waals surface area (Å²) in [4.78, 5) is 18.6. The highest BCUT2D eigenvalue weighted by molar-refractivity contribution is 5.91. The predicted octanol–water partition coefficient (Wildman–Crippen LogP) is 1.96. The van der Waals surface area contributed by atoms with Crippen molar-refractivity contribution < 1.29 is 19.0 Å². The molecule has 0 spiro atoms. The van der Waals surface area contributed by atoms with E-state index in [1.165, 1.54) is 18.2 Å². The van der Waals surface area contributed by atoms with Crippen LogP contribution in [0.4, 0.5) is 10.1 Å². The lowest BCUT2D eigenvalue weighted by atomic mass is 10.2. The molecule has 0 atom stereocenters. The number of nitrogen functional groups attached to an aromatic ring is 1. The van der Waals surface area contributed by atoms with Crippen molar-refractivity contribution in [2.24, 2.45) is 0 Å². The number of carbonyl (C=O) groups is 1. The third-order valence-electron chi connectivity index (χ3n) is 2.51. The molecule has 0 bridgehead atoms. The van der Waals surface area contributed by atoms with Crippen LogP contribution in [-0.2, 0) is 0 Å². The summed E-state index contributed by atoms with van der Waals surface area (Å²) in [5.74, 6) is -1.49. The molecule has 0 saturated heterocycles. The van der Waals surface area contributed by atoms with Crippen molar-refractivity contribution in [1.82, 2.24) is 9.97 Å². The molecule has 6 nitrogen and oxygen atoms in total. The highest BCUT2D eigenvalue weighted by atomic mass is 19.1. The smallest absolute Gasteiger partial charge is 0.356 e. The van der Waals surface area contributed by atoms with Crippen LogP contribution in [0.3, 0.4) is 0 Å². The number of carboxylic acid groups (broad SMARTS) is 1. The average Bonchev–Trinajstić information content (AvgIpc) is 2.41. The predicted molar refractivity (Wildman–Crippen MR) is 70.0 cm³/mol. The maximum atomic E-state index is 13.8. The van der Waals surface area contributed by atoms with Crippen LogP contribution in [0, 0.1) is 5.82 Å². The maximum Gasteiger partial charge on any atom is 0.356 e. The highest BCUT2D eigenvalue weighted by Crippen LogP contribution is 2.25. The summed E-state index contributed by atoms with van der Waals surface area (Å²) in [5.41, 5.74) is 5.07. The van der Waals surface area contributed by atoms with Crippen LogP contribution >= 0.6 is 0 Å². The lowest BCUT2D eigenvalue weighted by molar-refractivity contribution is 0.0691. The van der Waals surface area contributed by atoms with E-state index < -0.39 is 11.8 Å². The van der Waals surface area contributed by atoms with Crippen molar-refractivity contribution in [3.05, 3.63) is 35.9 Å². The molecule has 2 rings (SSSR count). The van der Waals surface area contributed by atoms with Crippen molar-refractivity contribution in [2.75, 3.05) is 12.3 Å². The van der Waals surface area contributed by atoms with E-state index in [9.17, 15) is 9.18 Å². The van der Waals surface area contributed by atoms with Crippen LogP contribution in [0.1, 0.15) is 17.4 Å². The van der Waals surface area contributed by atoms with Gasteiger partial charge in [0.05, 0.1) is 24.1 Å². The van der Waals surface area contributed by atoms with Crippen LogP contribution < -0.4 is 10.5 Å². The SMILES string of the molecule is CCOc1ccc(F)c(-c2ncc(N)c(C(=O)O)n2)c1. The first-order valence-electron chi connectivity index (χ1n) is 5.81. The van der Waals surface area contributed by atoms with Gasteiger partial charge in [0.25, 0.3) is 0 Å².